The number of hydrogen-bond donors (Lipinski definition) is 2. The number of hydrogen-bond acceptors (Lipinski definition) is 5. The molecule has 1 aliphatic rings. The summed E-state index contributed by atoms with van der Waals surface area (Å²) in [6.45, 7) is 1.67. The molecule has 1 aliphatic heterocycles. The zero-order chi connectivity index (χ0) is 21.7. The van der Waals surface area contributed by atoms with Gasteiger partial charge in [-0.2, -0.15) is 0 Å². The van der Waals surface area contributed by atoms with E-state index >= 15 is 0 Å². The standard InChI is InChI=1S/C22H25N3O5/c1-22(16-9-10-17(29-2)18(13-16)30-3)20(27)25(21(28)24-22)14-19(26)23-12-11-15-7-5-4-6-8-15/h4-10,13H,11-12,14H2,1-3H3,(H,23,26)(H,24,28). The number of nitrogens with one attached hydrogen (secondary N) is 2. The van der Waals surface area contributed by atoms with E-state index < -0.39 is 23.4 Å². The van der Waals surface area contributed by atoms with Gasteiger partial charge in [-0.25, -0.2) is 4.79 Å². The van der Waals surface area contributed by atoms with Gasteiger partial charge in [0.1, 0.15) is 12.1 Å². The van der Waals surface area contributed by atoms with Crippen molar-refractivity contribution in [1.82, 2.24) is 15.5 Å². The summed E-state index contributed by atoms with van der Waals surface area (Å²) in [5.41, 5.74) is 0.320. The molecule has 0 spiro atoms. The number of methoxy groups -OCH3 is 2. The zero-order valence-corrected chi connectivity index (χ0v) is 17.2. The Morgan fingerprint density at radius 2 is 1.77 bits per heavy atom. The third-order valence-corrected chi connectivity index (χ3v) is 5.12. The Balaban J connectivity index is 1.66. The van der Waals surface area contributed by atoms with Crippen molar-refractivity contribution >= 4 is 17.8 Å². The van der Waals surface area contributed by atoms with E-state index in [0.717, 1.165) is 10.5 Å². The monoisotopic (exact) mass is 411 g/mol. The zero-order valence-electron chi connectivity index (χ0n) is 17.2. The maximum atomic E-state index is 13.0. The SMILES string of the molecule is COc1ccc(C2(C)NC(=O)N(CC(=O)NCCc3ccccc3)C2=O)cc1OC. The summed E-state index contributed by atoms with van der Waals surface area (Å²) >= 11 is 0. The number of nitrogens with zero attached hydrogens (tertiary/aromatic N) is 1. The lowest BCUT2D eigenvalue weighted by Gasteiger charge is -2.23. The number of amides is 4. The molecule has 0 saturated carbocycles. The maximum absolute atomic E-state index is 13.0. The van der Waals surface area contributed by atoms with Crippen LogP contribution in [0.3, 0.4) is 0 Å². The first-order valence-corrected chi connectivity index (χ1v) is 9.56. The average molecular weight is 411 g/mol. The highest BCUT2D eigenvalue weighted by atomic mass is 16.5. The van der Waals surface area contributed by atoms with Gasteiger partial charge in [-0.3, -0.25) is 14.5 Å². The minimum Gasteiger partial charge on any atom is -0.493 e. The van der Waals surface area contributed by atoms with Gasteiger partial charge in [0.05, 0.1) is 14.2 Å². The second kappa shape index (κ2) is 8.86. The van der Waals surface area contributed by atoms with E-state index in [1.807, 2.05) is 30.3 Å². The summed E-state index contributed by atoms with van der Waals surface area (Å²) in [6, 6.07) is 14.1. The van der Waals surface area contributed by atoms with Gasteiger partial charge in [-0.05, 0) is 36.6 Å². The molecule has 2 aromatic carbocycles. The first kappa shape index (κ1) is 21.2. The molecule has 30 heavy (non-hydrogen) atoms. The van der Waals surface area contributed by atoms with Crippen LogP contribution in [0.2, 0.25) is 0 Å². The third kappa shape index (κ3) is 4.22. The number of ether oxygens (including phenoxy) is 2. The molecular weight excluding hydrogens is 386 g/mol. The van der Waals surface area contributed by atoms with E-state index in [4.69, 9.17) is 9.47 Å². The number of imide groups is 1. The van der Waals surface area contributed by atoms with Gasteiger partial charge >= 0.3 is 6.03 Å². The van der Waals surface area contributed by atoms with Crippen molar-refractivity contribution in [3.63, 3.8) is 0 Å². The predicted molar refractivity (Wildman–Crippen MR) is 110 cm³/mol. The van der Waals surface area contributed by atoms with E-state index in [1.165, 1.54) is 14.2 Å². The number of rotatable bonds is 8. The van der Waals surface area contributed by atoms with E-state index in [1.54, 1.807) is 25.1 Å². The molecule has 3 rings (SSSR count). The van der Waals surface area contributed by atoms with Crippen molar-refractivity contribution in [2.45, 2.75) is 18.9 Å². The lowest BCUT2D eigenvalue weighted by atomic mass is 9.91. The number of carbonyl (C=O) groups excluding carboxylic acids is 3. The fraction of sp³-hybridized carbons (Fsp3) is 0.318. The molecule has 0 aliphatic carbocycles. The normalized spacial score (nSPS) is 18.2. The summed E-state index contributed by atoms with van der Waals surface area (Å²) in [5.74, 6) is 0.0515. The largest absolute Gasteiger partial charge is 0.493 e. The van der Waals surface area contributed by atoms with Crippen molar-refractivity contribution in [3.8, 4) is 11.5 Å². The van der Waals surface area contributed by atoms with Crippen LogP contribution in [0.4, 0.5) is 4.79 Å². The molecular formula is C22H25N3O5. The lowest BCUT2D eigenvalue weighted by Crippen LogP contribution is -2.43. The highest BCUT2D eigenvalue weighted by Gasteiger charge is 2.49. The summed E-state index contributed by atoms with van der Waals surface area (Å²) < 4.78 is 10.5. The van der Waals surface area contributed by atoms with Crippen LogP contribution in [0.25, 0.3) is 0 Å². The van der Waals surface area contributed by atoms with Gasteiger partial charge < -0.3 is 20.1 Å². The summed E-state index contributed by atoms with van der Waals surface area (Å²) in [6.07, 6.45) is 0.663. The van der Waals surface area contributed by atoms with Crippen LogP contribution < -0.4 is 20.1 Å². The first-order chi connectivity index (χ1) is 14.4. The molecule has 4 amide bonds. The molecule has 2 aromatic rings. The molecule has 2 N–H and O–H groups in total. The Kier molecular flexibility index (Phi) is 6.25. The molecule has 8 heteroatoms. The summed E-state index contributed by atoms with van der Waals surface area (Å²) in [4.78, 5) is 38.7. The van der Waals surface area contributed by atoms with Gasteiger partial charge in [-0.1, -0.05) is 36.4 Å². The average Bonchev–Trinajstić information content (AvgIpc) is 2.97. The Bertz CT molecular complexity index is 947. The van der Waals surface area contributed by atoms with E-state index in [2.05, 4.69) is 10.6 Å². The van der Waals surface area contributed by atoms with Crippen molar-refractivity contribution in [2.75, 3.05) is 27.3 Å². The highest BCUT2D eigenvalue weighted by molar-refractivity contribution is 6.09. The maximum Gasteiger partial charge on any atom is 0.325 e. The molecule has 1 atom stereocenters. The predicted octanol–water partition coefficient (Wildman–Crippen LogP) is 1.83. The molecule has 0 aromatic heterocycles. The van der Waals surface area contributed by atoms with Crippen LogP contribution in [0.1, 0.15) is 18.1 Å². The van der Waals surface area contributed by atoms with Crippen LogP contribution in [0.15, 0.2) is 48.5 Å². The molecule has 1 unspecified atom stereocenters. The minimum absolute atomic E-state index is 0.345. The van der Waals surface area contributed by atoms with Crippen LogP contribution in [0, 0.1) is 0 Å². The Hall–Kier alpha value is -3.55. The van der Waals surface area contributed by atoms with Crippen LogP contribution in [0.5, 0.6) is 11.5 Å². The molecule has 8 nitrogen and oxygen atoms in total. The fourth-order valence-corrected chi connectivity index (χ4v) is 3.37. The van der Waals surface area contributed by atoms with Crippen molar-refractivity contribution in [3.05, 3.63) is 59.7 Å². The van der Waals surface area contributed by atoms with Crippen molar-refractivity contribution < 1.29 is 23.9 Å². The third-order valence-electron chi connectivity index (χ3n) is 5.12. The van der Waals surface area contributed by atoms with Gasteiger partial charge in [0.25, 0.3) is 5.91 Å². The van der Waals surface area contributed by atoms with Crippen molar-refractivity contribution in [2.24, 2.45) is 0 Å². The second-order valence-corrected chi connectivity index (χ2v) is 7.10. The summed E-state index contributed by atoms with van der Waals surface area (Å²) in [5, 5.41) is 5.43. The van der Waals surface area contributed by atoms with Crippen LogP contribution in [-0.2, 0) is 21.5 Å². The number of urea groups is 1. The minimum atomic E-state index is -1.30. The van der Waals surface area contributed by atoms with Crippen molar-refractivity contribution in [1.29, 1.82) is 0 Å². The fourth-order valence-electron chi connectivity index (χ4n) is 3.37. The molecule has 1 fully saturated rings. The van der Waals surface area contributed by atoms with E-state index in [9.17, 15) is 14.4 Å². The molecule has 1 saturated heterocycles. The van der Waals surface area contributed by atoms with Crippen LogP contribution >= 0.6 is 0 Å². The summed E-state index contributed by atoms with van der Waals surface area (Å²) in [7, 11) is 3.00. The quantitative estimate of drug-likeness (QED) is 0.646. The topological polar surface area (TPSA) is 97.0 Å². The van der Waals surface area contributed by atoms with Gasteiger partial charge in [0.2, 0.25) is 5.91 Å². The highest BCUT2D eigenvalue weighted by Crippen LogP contribution is 2.35. The molecule has 158 valence electrons. The number of benzene rings is 2. The van der Waals surface area contributed by atoms with Crippen LogP contribution in [-0.4, -0.2) is 50.1 Å². The Morgan fingerprint density at radius 3 is 2.43 bits per heavy atom. The first-order valence-electron chi connectivity index (χ1n) is 9.56. The lowest BCUT2D eigenvalue weighted by molar-refractivity contribution is -0.134. The second-order valence-electron chi connectivity index (χ2n) is 7.10. The Morgan fingerprint density at radius 1 is 1.07 bits per heavy atom. The Labute approximate surface area is 175 Å². The molecule has 0 radical (unpaired) electrons. The van der Waals surface area contributed by atoms with E-state index in [0.29, 0.717) is 30.0 Å². The number of carbonyl (C=O) groups is 3. The van der Waals surface area contributed by atoms with E-state index in [-0.39, 0.29) is 6.54 Å². The molecule has 1 heterocycles. The smallest absolute Gasteiger partial charge is 0.325 e. The van der Waals surface area contributed by atoms with Gasteiger partial charge in [0, 0.05) is 6.54 Å². The molecule has 0 bridgehead atoms. The van der Waals surface area contributed by atoms with Gasteiger partial charge in [-0.15, -0.1) is 0 Å². The van der Waals surface area contributed by atoms with Gasteiger partial charge in [0.15, 0.2) is 11.5 Å².